The molecule has 2 saturated heterocycles. The molecule has 4 atom stereocenters. The molecule has 138 valence electrons. The van der Waals surface area contributed by atoms with Gasteiger partial charge in [0.25, 0.3) is 0 Å². The standard InChI is InChI=1S/C18H20N2O6/c1-4-26-16(23)13-11-12(15(22)20(2)14(11)21)18(19-13,17(24)25-3)10-8-6-5-7-9-10/h5-9,11-13,19H,4H2,1-3H3/t11-,12-,13+,18-/m0/s1. The molecule has 26 heavy (non-hydrogen) atoms. The van der Waals surface area contributed by atoms with Crippen molar-refractivity contribution in [1.82, 2.24) is 10.2 Å². The number of likely N-dealkylation sites (tertiary alicyclic amines) is 1. The summed E-state index contributed by atoms with van der Waals surface area (Å²) >= 11 is 0. The lowest BCUT2D eigenvalue weighted by Gasteiger charge is -2.32. The zero-order chi connectivity index (χ0) is 19.1. The van der Waals surface area contributed by atoms with E-state index in [1.54, 1.807) is 37.3 Å². The summed E-state index contributed by atoms with van der Waals surface area (Å²) in [6, 6.07) is 7.37. The molecule has 2 aliphatic heterocycles. The summed E-state index contributed by atoms with van der Waals surface area (Å²) in [6.45, 7) is 1.76. The predicted molar refractivity (Wildman–Crippen MR) is 88.4 cm³/mol. The van der Waals surface area contributed by atoms with Crippen LogP contribution >= 0.6 is 0 Å². The zero-order valence-corrected chi connectivity index (χ0v) is 14.7. The molecule has 0 aromatic heterocycles. The first kappa shape index (κ1) is 18.1. The summed E-state index contributed by atoms with van der Waals surface area (Å²) in [5, 5.41) is 2.92. The van der Waals surface area contributed by atoms with E-state index in [9.17, 15) is 19.2 Å². The van der Waals surface area contributed by atoms with Gasteiger partial charge in [0.05, 0.1) is 25.6 Å². The van der Waals surface area contributed by atoms with Crippen molar-refractivity contribution in [2.75, 3.05) is 20.8 Å². The molecule has 1 aromatic rings. The molecule has 0 bridgehead atoms. The maximum atomic E-state index is 12.8. The first-order valence-electron chi connectivity index (χ1n) is 8.29. The highest BCUT2D eigenvalue weighted by molar-refractivity contribution is 6.11. The summed E-state index contributed by atoms with van der Waals surface area (Å²) < 4.78 is 10.0. The van der Waals surface area contributed by atoms with Gasteiger partial charge in [-0.3, -0.25) is 24.6 Å². The molecule has 2 heterocycles. The minimum Gasteiger partial charge on any atom is -0.467 e. The van der Waals surface area contributed by atoms with Gasteiger partial charge in [-0.15, -0.1) is 0 Å². The van der Waals surface area contributed by atoms with Crippen molar-refractivity contribution < 1.29 is 28.7 Å². The van der Waals surface area contributed by atoms with Crippen LogP contribution in [0.4, 0.5) is 0 Å². The van der Waals surface area contributed by atoms with E-state index in [1.807, 2.05) is 0 Å². The fraction of sp³-hybridized carbons (Fsp3) is 0.444. The summed E-state index contributed by atoms with van der Waals surface area (Å²) in [5.74, 6) is -4.60. The molecular formula is C18H20N2O6. The lowest BCUT2D eigenvalue weighted by molar-refractivity contribution is -0.155. The van der Waals surface area contributed by atoms with E-state index >= 15 is 0 Å². The second kappa shape index (κ2) is 6.53. The summed E-state index contributed by atoms with van der Waals surface area (Å²) in [7, 11) is 2.55. The van der Waals surface area contributed by atoms with Crippen LogP contribution in [0, 0.1) is 11.8 Å². The number of carbonyl (C=O) groups excluding carboxylic acids is 4. The summed E-state index contributed by atoms with van der Waals surface area (Å²) in [6.07, 6.45) is 0. The third-order valence-electron chi connectivity index (χ3n) is 5.06. The minimum absolute atomic E-state index is 0.114. The van der Waals surface area contributed by atoms with Crippen LogP contribution in [0.1, 0.15) is 12.5 Å². The topological polar surface area (TPSA) is 102 Å². The van der Waals surface area contributed by atoms with Gasteiger partial charge in [-0.25, -0.2) is 4.79 Å². The van der Waals surface area contributed by atoms with Crippen LogP contribution in [0.5, 0.6) is 0 Å². The third kappa shape index (κ3) is 2.33. The molecule has 8 heteroatoms. The summed E-state index contributed by atoms with van der Waals surface area (Å²) in [5.41, 5.74) is -1.19. The Morgan fingerprint density at radius 2 is 1.85 bits per heavy atom. The van der Waals surface area contributed by atoms with E-state index in [2.05, 4.69) is 5.32 Å². The Morgan fingerprint density at radius 1 is 1.19 bits per heavy atom. The van der Waals surface area contributed by atoms with E-state index in [0.717, 1.165) is 4.90 Å². The number of ether oxygens (including phenoxy) is 2. The molecule has 2 fully saturated rings. The van der Waals surface area contributed by atoms with Crippen molar-refractivity contribution in [2.45, 2.75) is 18.5 Å². The van der Waals surface area contributed by atoms with Gasteiger partial charge in [-0.1, -0.05) is 30.3 Å². The van der Waals surface area contributed by atoms with Crippen molar-refractivity contribution >= 4 is 23.8 Å². The van der Waals surface area contributed by atoms with Gasteiger partial charge >= 0.3 is 11.9 Å². The monoisotopic (exact) mass is 360 g/mol. The van der Waals surface area contributed by atoms with Crippen molar-refractivity contribution in [3.8, 4) is 0 Å². The normalized spacial score (nSPS) is 30.3. The number of fused-ring (bicyclic) bond motifs is 1. The van der Waals surface area contributed by atoms with E-state index in [4.69, 9.17) is 9.47 Å². The van der Waals surface area contributed by atoms with Crippen LogP contribution < -0.4 is 5.32 Å². The molecule has 1 N–H and O–H groups in total. The number of hydrogen-bond donors (Lipinski definition) is 1. The highest BCUT2D eigenvalue weighted by Gasteiger charge is 2.70. The lowest BCUT2D eigenvalue weighted by Crippen LogP contribution is -2.55. The SMILES string of the molecule is CCOC(=O)[C@@H]1N[C@@](C(=O)OC)(c2ccccc2)[C@@H]2C(=O)N(C)C(=O)[C@@H]21. The minimum atomic E-state index is -1.64. The third-order valence-corrected chi connectivity index (χ3v) is 5.06. The molecule has 0 unspecified atom stereocenters. The maximum Gasteiger partial charge on any atom is 0.331 e. The summed E-state index contributed by atoms with van der Waals surface area (Å²) in [4.78, 5) is 51.8. The number of hydrogen-bond acceptors (Lipinski definition) is 7. The lowest BCUT2D eigenvalue weighted by atomic mass is 9.76. The molecule has 2 aliphatic rings. The van der Waals surface area contributed by atoms with Crippen LogP contribution in [-0.4, -0.2) is 55.5 Å². The number of imide groups is 1. The number of methoxy groups -OCH3 is 1. The molecule has 3 rings (SSSR count). The Hall–Kier alpha value is -2.74. The van der Waals surface area contributed by atoms with Gasteiger partial charge in [0.2, 0.25) is 11.8 Å². The van der Waals surface area contributed by atoms with Gasteiger partial charge in [-0.2, -0.15) is 0 Å². The maximum absolute atomic E-state index is 12.8. The van der Waals surface area contributed by atoms with Gasteiger partial charge in [0.1, 0.15) is 6.04 Å². The Kier molecular flexibility index (Phi) is 4.53. The van der Waals surface area contributed by atoms with E-state index < -0.39 is 47.2 Å². The Balaban J connectivity index is 2.21. The largest absolute Gasteiger partial charge is 0.467 e. The van der Waals surface area contributed by atoms with Crippen LogP contribution in [0.2, 0.25) is 0 Å². The fourth-order valence-corrected chi connectivity index (χ4v) is 3.92. The molecular weight excluding hydrogens is 340 g/mol. The molecule has 1 aromatic carbocycles. The second-order valence-electron chi connectivity index (χ2n) is 6.28. The van der Waals surface area contributed by atoms with E-state index in [1.165, 1.54) is 14.2 Å². The van der Waals surface area contributed by atoms with Gasteiger partial charge in [-0.05, 0) is 12.5 Å². The second-order valence-corrected chi connectivity index (χ2v) is 6.28. The average molecular weight is 360 g/mol. The number of nitrogens with one attached hydrogen (secondary N) is 1. The molecule has 0 saturated carbocycles. The molecule has 0 aliphatic carbocycles. The van der Waals surface area contributed by atoms with Gasteiger partial charge in [0, 0.05) is 7.05 Å². The number of rotatable bonds is 4. The highest BCUT2D eigenvalue weighted by Crippen LogP contribution is 2.48. The quantitative estimate of drug-likeness (QED) is 0.587. The fourth-order valence-electron chi connectivity index (χ4n) is 3.92. The molecule has 2 amide bonds. The zero-order valence-electron chi connectivity index (χ0n) is 14.7. The Labute approximate surface area is 150 Å². The first-order valence-corrected chi connectivity index (χ1v) is 8.29. The van der Waals surface area contributed by atoms with Crippen LogP contribution in [0.25, 0.3) is 0 Å². The van der Waals surface area contributed by atoms with Crippen LogP contribution in [0.3, 0.4) is 0 Å². The number of esters is 2. The van der Waals surface area contributed by atoms with Gasteiger partial charge in [0.15, 0.2) is 5.54 Å². The molecule has 0 radical (unpaired) electrons. The van der Waals surface area contributed by atoms with E-state index in [-0.39, 0.29) is 6.61 Å². The van der Waals surface area contributed by atoms with Crippen LogP contribution in [0.15, 0.2) is 30.3 Å². The Morgan fingerprint density at radius 3 is 2.42 bits per heavy atom. The van der Waals surface area contributed by atoms with Crippen molar-refractivity contribution in [3.63, 3.8) is 0 Å². The van der Waals surface area contributed by atoms with E-state index in [0.29, 0.717) is 5.56 Å². The predicted octanol–water partition coefficient (Wildman–Crippen LogP) is -0.179. The van der Waals surface area contributed by atoms with Crippen molar-refractivity contribution in [2.24, 2.45) is 11.8 Å². The van der Waals surface area contributed by atoms with Crippen LogP contribution in [-0.2, 0) is 34.2 Å². The number of benzene rings is 1. The smallest absolute Gasteiger partial charge is 0.331 e. The number of nitrogens with zero attached hydrogens (tertiary/aromatic N) is 1. The first-order chi connectivity index (χ1) is 12.4. The van der Waals surface area contributed by atoms with Crippen molar-refractivity contribution in [3.05, 3.63) is 35.9 Å². The molecule has 8 nitrogen and oxygen atoms in total. The molecule has 0 spiro atoms. The Bertz CT molecular complexity index is 764. The number of carbonyl (C=O) groups is 4. The van der Waals surface area contributed by atoms with Crippen molar-refractivity contribution in [1.29, 1.82) is 0 Å². The number of amides is 2. The van der Waals surface area contributed by atoms with Gasteiger partial charge < -0.3 is 9.47 Å². The highest BCUT2D eigenvalue weighted by atomic mass is 16.5. The average Bonchev–Trinajstić information content (AvgIpc) is 3.13.